The predicted octanol–water partition coefficient (Wildman–Crippen LogP) is 3.23. The normalized spacial score (nSPS) is 21.7. The summed E-state index contributed by atoms with van der Waals surface area (Å²) in [5, 5.41) is 6.52. The summed E-state index contributed by atoms with van der Waals surface area (Å²) >= 11 is 0. The van der Waals surface area contributed by atoms with E-state index in [0.717, 1.165) is 38.8 Å². The minimum Gasteiger partial charge on any atom is -0.444 e. The number of nitrogens with one attached hydrogen (secondary N) is 2. The van der Waals surface area contributed by atoms with Crippen molar-refractivity contribution < 1.29 is 14.3 Å². The smallest absolute Gasteiger partial charge is 0.412 e. The first-order valence-electron chi connectivity index (χ1n) is 12.1. The van der Waals surface area contributed by atoms with Crippen molar-refractivity contribution in [2.75, 3.05) is 19.6 Å². The molecule has 4 rings (SSSR count). The second-order valence-corrected chi connectivity index (χ2v) is 9.94. The summed E-state index contributed by atoms with van der Waals surface area (Å²) in [6.45, 7) is 7.55. The molecule has 34 heavy (non-hydrogen) atoms. The van der Waals surface area contributed by atoms with Gasteiger partial charge in [-0.15, -0.1) is 0 Å². The summed E-state index contributed by atoms with van der Waals surface area (Å²) in [7, 11) is 0. The number of hydrogen-bond donors (Lipinski definition) is 2. The molecule has 2 aliphatic rings. The molecule has 0 radical (unpaired) electrons. The Morgan fingerprint density at radius 3 is 2.59 bits per heavy atom. The Bertz CT molecular complexity index is 1000. The Morgan fingerprint density at radius 2 is 1.88 bits per heavy atom. The molecule has 9 nitrogen and oxygen atoms in total. The number of rotatable bonds is 4. The van der Waals surface area contributed by atoms with Crippen LogP contribution in [0.5, 0.6) is 0 Å². The Labute approximate surface area is 200 Å². The van der Waals surface area contributed by atoms with E-state index in [9.17, 15) is 9.59 Å². The van der Waals surface area contributed by atoms with Crippen LogP contribution in [0.15, 0.2) is 36.7 Å². The molecule has 182 valence electrons. The Hall–Kier alpha value is -3.07. The fourth-order valence-electron chi connectivity index (χ4n) is 4.56. The second-order valence-electron chi connectivity index (χ2n) is 9.94. The van der Waals surface area contributed by atoms with Crippen LogP contribution < -0.4 is 10.6 Å². The van der Waals surface area contributed by atoms with Crippen LogP contribution in [-0.2, 0) is 15.2 Å². The summed E-state index contributed by atoms with van der Waals surface area (Å²) in [6.07, 6.45) is 6.53. The van der Waals surface area contributed by atoms with Crippen molar-refractivity contribution in [1.82, 2.24) is 30.5 Å². The van der Waals surface area contributed by atoms with E-state index in [0.29, 0.717) is 30.2 Å². The highest BCUT2D eigenvalue weighted by atomic mass is 16.6. The van der Waals surface area contributed by atoms with Crippen molar-refractivity contribution in [1.29, 1.82) is 0 Å². The molecule has 0 bridgehead atoms. The van der Waals surface area contributed by atoms with Gasteiger partial charge >= 0.3 is 6.09 Å². The molecule has 2 amide bonds. The number of piperidine rings is 2. The maximum Gasteiger partial charge on any atom is 0.412 e. The minimum atomic E-state index is -1.19. The van der Waals surface area contributed by atoms with Crippen molar-refractivity contribution in [2.24, 2.45) is 5.92 Å². The van der Waals surface area contributed by atoms with Gasteiger partial charge in [0.05, 0.1) is 11.4 Å². The van der Waals surface area contributed by atoms with Crippen molar-refractivity contribution >= 4 is 12.0 Å². The van der Waals surface area contributed by atoms with Crippen molar-refractivity contribution in [3.8, 4) is 11.4 Å². The molecule has 1 unspecified atom stereocenters. The lowest BCUT2D eigenvalue weighted by Crippen LogP contribution is -2.64. The average Bonchev–Trinajstić information content (AvgIpc) is 2.84. The maximum absolute atomic E-state index is 13.5. The Balaban J connectivity index is 1.76. The van der Waals surface area contributed by atoms with Gasteiger partial charge in [-0.1, -0.05) is 6.07 Å². The van der Waals surface area contributed by atoms with Crippen LogP contribution in [0.25, 0.3) is 11.4 Å². The lowest BCUT2D eigenvalue weighted by atomic mass is 9.91. The molecule has 0 spiro atoms. The number of carbonyl (C=O) groups excluding carboxylic acids is 2. The zero-order valence-electron chi connectivity index (χ0n) is 20.2. The van der Waals surface area contributed by atoms with E-state index >= 15 is 0 Å². The molecule has 2 aromatic heterocycles. The lowest BCUT2D eigenvalue weighted by molar-refractivity contribution is -0.132. The van der Waals surface area contributed by atoms with Gasteiger partial charge in [-0.25, -0.2) is 14.8 Å². The van der Waals surface area contributed by atoms with Crippen molar-refractivity contribution in [3.63, 3.8) is 0 Å². The Morgan fingerprint density at radius 1 is 1.09 bits per heavy atom. The molecule has 4 heterocycles. The van der Waals surface area contributed by atoms with Gasteiger partial charge in [0, 0.05) is 24.9 Å². The third-order valence-electron chi connectivity index (χ3n) is 6.24. The first-order valence-corrected chi connectivity index (χ1v) is 12.1. The topological polar surface area (TPSA) is 109 Å². The summed E-state index contributed by atoms with van der Waals surface area (Å²) in [5.41, 5.74) is -0.523. The highest BCUT2D eigenvalue weighted by Gasteiger charge is 2.49. The number of ether oxygens (including phenoxy) is 1. The van der Waals surface area contributed by atoms with Crippen molar-refractivity contribution in [3.05, 3.63) is 42.5 Å². The van der Waals surface area contributed by atoms with E-state index in [1.54, 1.807) is 23.4 Å². The van der Waals surface area contributed by atoms with Crippen LogP contribution in [0.1, 0.15) is 58.7 Å². The molecule has 2 aliphatic heterocycles. The zero-order chi connectivity index (χ0) is 24.2. The zero-order valence-corrected chi connectivity index (χ0v) is 20.2. The highest BCUT2D eigenvalue weighted by molar-refractivity contribution is 5.81. The van der Waals surface area contributed by atoms with E-state index in [1.807, 2.05) is 39.0 Å². The Kier molecular flexibility index (Phi) is 7.11. The monoisotopic (exact) mass is 466 g/mol. The third-order valence-corrected chi connectivity index (χ3v) is 6.24. The molecule has 2 fully saturated rings. The number of aromatic nitrogens is 3. The number of likely N-dealkylation sites (tertiary alicyclic amines) is 1. The molecule has 9 heteroatoms. The third kappa shape index (κ3) is 5.35. The summed E-state index contributed by atoms with van der Waals surface area (Å²) < 4.78 is 5.75. The predicted molar refractivity (Wildman–Crippen MR) is 127 cm³/mol. The van der Waals surface area contributed by atoms with Gasteiger partial charge in [0.25, 0.3) is 0 Å². The lowest BCUT2D eigenvalue weighted by Gasteiger charge is -2.46. The molecule has 0 aromatic carbocycles. The molecule has 2 N–H and O–H groups in total. The van der Waals surface area contributed by atoms with E-state index in [-0.39, 0.29) is 11.8 Å². The molecular formula is C25H34N6O3. The SMILES string of the molecule is CC(C)(C)OC(=O)N1CCCCC1(NC(=O)C1CCNCC1)c1nccc(-c2ccccn2)n1. The van der Waals surface area contributed by atoms with Crippen LogP contribution >= 0.6 is 0 Å². The van der Waals surface area contributed by atoms with Gasteiger partial charge in [-0.3, -0.25) is 14.7 Å². The van der Waals surface area contributed by atoms with Gasteiger partial charge in [0.1, 0.15) is 5.60 Å². The van der Waals surface area contributed by atoms with Gasteiger partial charge < -0.3 is 15.4 Å². The molecule has 2 aromatic rings. The van der Waals surface area contributed by atoms with E-state index in [2.05, 4.69) is 20.6 Å². The van der Waals surface area contributed by atoms with Crippen LogP contribution in [-0.4, -0.2) is 57.1 Å². The largest absolute Gasteiger partial charge is 0.444 e. The molecule has 2 saturated heterocycles. The fraction of sp³-hybridized carbons (Fsp3) is 0.560. The van der Waals surface area contributed by atoms with Gasteiger partial charge in [0.15, 0.2) is 11.5 Å². The van der Waals surface area contributed by atoms with Crippen LogP contribution in [0.2, 0.25) is 0 Å². The number of nitrogens with zero attached hydrogens (tertiary/aromatic N) is 4. The highest BCUT2D eigenvalue weighted by Crippen LogP contribution is 2.36. The standard InChI is InChI=1S/C25H34N6O3/c1-24(2,3)34-23(33)31-17-7-5-12-25(31,30-21(32)18-9-14-26-15-10-18)22-28-16-11-20(29-22)19-8-4-6-13-27-19/h4,6,8,11,13,16,18,26H,5,7,9-10,12,14-15,17H2,1-3H3,(H,30,32). The quantitative estimate of drug-likeness (QED) is 0.712. The van der Waals surface area contributed by atoms with Crippen molar-refractivity contribution in [2.45, 2.75) is 64.1 Å². The van der Waals surface area contributed by atoms with E-state index in [1.165, 1.54) is 0 Å². The number of carbonyl (C=O) groups is 2. The second kappa shape index (κ2) is 10.0. The first kappa shape index (κ1) is 24.1. The molecule has 0 saturated carbocycles. The van der Waals surface area contributed by atoms with Crippen LogP contribution in [0.3, 0.4) is 0 Å². The van der Waals surface area contributed by atoms with Gasteiger partial charge in [0.2, 0.25) is 5.91 Å². The fourth-order valence-corrected chi connectivity index (χ4v) is 4.56. The van der Waals surface area contributed by atoms with Crippen LogP contribution in [0, 0.1) is 5.92 Å². The summed E-state index contributed by atoms with van der Waals surface area (Å²) in [6, 6.07) is 7.40. The minimum absolute atomic E-state index is 0.0798. The van der Waals surface area contributed by atoms with Crippen LogP contribution in [0.4, 0.5) is 4.79 Å². The first-order chi connectivity index (χ1) is 16.3. The van der Waals surface area contributed by atoms with E-state index in [4.69, 9.17) is 9.72 Å². The average molecular weight is 467 g/mol. The molecule has 1 atom stereocenters. The number of amides is 2. The number of hydrogen-bond acceptors (Lipinski definition) is 7. The van der Waals surface area contributed by atoms with E-state index < -0.39 is 17.4 Å². The van der Waals surface area contributed by atoms with Gasteiger partial charge in [-0.2, -0.15) is 0 Å². The molecule has 0 aliphatic carbocycles. The van der Waals surface area contributed by atoms with Gasteiger partial charge in [-0.05, 0) is 84.2 Å². The number of pyridine rings is 1. The maximum atomic E-state index is 13.5. The summed E-state index contributed by atoms with van der Waals surface area (Å²) in [4.78, 5) is 42.3. The summed E-state index contributed by atoms with van der Waals surface area (Å²) in [5.74, 6) is 0.173. The molecular weight excluding hydrogens is 432 g/mol.